The number of halogens is 2. The highest BCUT2D eigenvalue weighted by atomic mass is 35.5. The van der Waals surface area contributed by atoms with Crippen molar-refractivity contribution in [3.05, 3.63) is 58.9 Å². The van der Waals surface area contributed by atoms with Crippen LogP contribution in [0.5, 0.6) is 0 Å². The zero-order chi connectivity index (χ0) is 16.2. The first-order valence-electron chi connectivity index (χ1n) is 7.67. The predicted molar refractivity (Wildman–Crippen MR) is 89.1 cm³/mol. The number of β-amino-alcohol motifs (C(OH)–C–C–N with tert-alkyl or cyclic N) is 1. The lowest BCUT2D eigenvalue weighted by atomic mass is 10.0. The van der Waals surface area contributed by atoms with E-state index in [1.165, 1.54) is 12.1 Å². The molecular formula is C18H19ClFNO2. The largest absolute Gasteiger partial charge is 0.387 e. The monoisotopic (exact) mass is 335 g/mol. The summed E-state index contributed by atoms with van der Waals surface area (Å²) in [6.07, 6.45) is -0.536. The van der Waals surface area contributed by atoms with Crippen LogP contribution in [-0.2, 0) is 4.74 Å². The van der Waals surface area contributed by atoms with E-state index in [1.807, 2.05) is 24.3 Å². The maximum atomic E-state index is 13.1. The molecule has 3 rings (SSSR count). The Hall–Kier alpha value is -1.46. The molecule has 2 aromatic carbocycles. The number of hydrogen-bond donors (Lipinski definition) is 1. The summed E-state index contributed by atoms with van der Waals surface area (Å²) in [5.41, 5.74) is 2.54. The van der Waals surface area contributed by atoms with Crippen molar-refractivity contribution in [3.8, 4) is 11.1 Å². The average Bonchev–Trinajstić information content (AvgIpc) is 2.56. The van der Waals surface area contributed by atoms with Gasteiger partial charge in [0.15, 0.2) is 0 Å². The van der Waals surface area contributed by atoms with E-state index in [2.05, 4.69) is 4.90 Å². The molecule has 122 valence electrons. The van der Waals surface area contributed by atoms with Gasteiger partial charge >= 0.3 is 0 Å². The Morgan fingerprint density at radius 3 is 2.48 bits per heavy atom. The molecule has 1 heterocycles. The van der Waals surface area contributed by atoms with Crippen LogP contribution in [0.15, 0.2) is 42.5 Å². The molecule has 0 aliphatic carbocycles. The van der Waals surface area contributed by atoms with Crippen LogP contribution in [0.25, 0.3) is 11.1 Å². The van der Waals surface area contributed by atoms with Crippen LogP contribution in [-0.4, -0.2) is 42.9 Å². The summed E-state index contributed by atoms with van der Waals surface area (Å²) in [6, 6.07) is 11.9. The van der Waals surface area contributed by atoms with Crippen LogP contribution in [0.3, 0.4) is 0 Å². The van der Waals surface area contributed by atoms with Gasteiger partial charge in [0.05, 0.1) is 24.3 Å². The summed E-state index contributed by atoms with van der Waals surface area (Å²) >= 11 is 6.09. The van der Waals surface area contributed by atoms with Crippen molar-refractivity contribution in [1.29, 1.82) is 0 Å². The van der Waals surface area contributed by atoms with Crippen LogP contribution >= 0.6 is 11.6 Å². The van der Waals surface area contributed by atoms with Crippen LogP contribution in [0.4, 0.5) is 4.39 Å². The Kier molecular flexibility index (Phi) is 5.28. The number of aliphatic hydroxyl groups is 1. The first-order valence-corrected chi connectivity index (χ1v) is 8.05. The van der Waals surface area contributed by atoms with Crippen molar-refractivity contribution in [2.45, 2.75) is 6.10 Å². The van der Waals surface area contributed by atoms with E-state index in [0.717, 1.165) is 29.8 Å². The number of rotatable bonds is 4. The quantitative estimate of drug-likeness (QED) is 0.928. The molecule has 0 saturated carbocycles. The number of nitrogens with zero attached hydrogens (tertiary/aromatic N) is 1. The smallest absolute Gasteiger partial charge is 0.124 e. The molecule has 1 atom stereocenters. The van der Waals surface area contributed by atoms with Gasteiger partial charge in [-0.05, 0) is 29.3 Å². The molecule has 1 N–H and O–H groups in total. The number of benzene rings is 2. The number of ether oxygens (including phenoxy) is 1. The predicted octanol–water partition coefficient (Wildman–Crippen LogP) is 3.51. The number of hydrogen-bond acceptors (Lipinski definition) is 3. The molecule has 0 spiro atoms. The molecule has 0 radical (unpaired) electrons. The number of aliphatic hydroxyl groups excluding tert-OH is 1. The zero-order valence-electron chi connectivity index (χ0n) is 12.7. The van der Waals surface area contributed by atoms with E-state index in [1.54, 1.807) is 6.07 Å². The van der Waals surface area contributed by atoms with Crippen LogP contribution in [0, 0.1) is 5.82 Å². The maximum absolute atomic E-state index is 13.1. The van der Waals surface area contributed by atoms with Gasteiger partial charge in [0.1, 0.15) is 5.82 Å². The highest BCUT2D eigenvalue weighted by Crippen LogP contribution is 2.29. The van der Waals surface area contributed by atoms with Gasteiger partial charge in [-0.15, -0.1) is 0 Å². The molecule has 1 aliphatic heterocycles. The number of morpholine rings is 1. The van der Waals surface area contributed by atoms with E-state index in [9.17, 15) is 9.50 Å². The Morgan fingerprint density at radius 1 is 1.13 bits per heavy atom. The van der Waals surface area contributed by atoms with Crippen molar-refractivity contribution in [1.82, 2.24) is 4.90 Å². The van der Waals surface area contributed by atoms with Crippen molar-refractivity contribution >= 4 is 11.6 Å². The lowest BCUT2D eigenvalue weighted by Gasteiger charge is -2.28. The van der Waals surface area contributed by atoms with E-state index in [0.29, 0.717) is 24.8 Å². The molecule has 0 unspecified atom stereocenters. The minimum absolute atomic E-state index is 0.351. The molecule has 5 heteroatoms. The first kappa shape index (κ1) is 16.4. The van der Waals surface area contributed by atoms with Crippen LogP contribution in [0.2, 0.25) is 5.02 Å². The van der Waals surface area contributed by atoms with Gasteiger partial charge in [-0.25, -0.2) is 4.39 Å². The van der Waals surface area contributed by atoms with Crippen molar-refractivity contribution in [2.24, 2.45) is 0 Å². The Bertz CT molecular complexity index is 657. The topological polar surface area (TPSA) is 32.7 Å². The summed E-state index contributed by atoms with van der Waals surface area (Å²) in [5, 5.41) is 10.7. The molecule has 0 amide bonds. The van der Waals surface area contributed by atoms with Crippen molar-refractivity contribution < 1.29 is 14.2 Å². The maximum Gasteiger partial charge on any atom is 0.124 e. The third-order valence-electron chi connectivity index (χ3n) is 4.07. The highest BCUT2D eigenvalue weighted by Gasteiger charge is 2.16. The Morgan fingerprint density at radius 2 is 1.83 bits per heavy atom. The minimum atomic E-state index is -0.536. The van der Waals surface area contributed by atoms with Crippen LogP contribution < -0.4 is 0 Å². The first-order chi connectivity index (χ1) is 11.1. The van der Waals surface area contributed by atoms with E-state index in [4.69, 9.17) is 16.3 Å². The van der Waals surface area contributed by atoms with Gasteiger partial charge in [0, 0.05) is 25.2 Å². The summed E-state index contributed by atoms with van der Waals surface area (Å²) in [7, 11) is 0. The van der Waals surface area contributed by atoms with Gasteiger partial charge in [-0.2, -0.15) is 0 Å². The second-order valence-corrected chi connectivity index (χ2v) is 6.08. The summed E-state index contributed by atoms with van der Waals surface area (Å²) in [6.45, 7) is 3.73. The fourth-order valence-corrected chi connectivity index (χ4v) is 3.02. The third-order valence-corrected chi connectivity index (χ3v) is 4.39. The van der Waals surface area contributed by atoms with Crippen molar-refractivity contribution in [2.75, 3.05) is 32.8 Å². The van der Waals surface area contributed by atoms with E-state index in [-0.39, 0.29) is 5.82 Å². The minimum Gasteiger partial charge on any atom is -0.387 e. The SMILES string of the molecule is O[C@@H](CN1CCOCC1)c1ccc(-c2ccc(F)cc2Cl)cc1. The molecule has 0 bridgehead atoms. The van der Waals surface area contributed by atoms with Gasteiger partial charge < -0.3 is 9.84 Å². The molecular weight excluding hydrogens is 317 g/mol. The Balaban J connectivity index is 1.71. The lowest BCUT2D eigenvalue weighted by Crippen LogP contribution is -2.38. The van der Waals surface area contributed by atoms with Gasteiger partial charge in [-0.1, -0.05) is 35.9 Å². The lowest BCUT2D eigenvalue weighted by molar-refractivity contribution is 0.0143. The Labute approximate surface area is 140 Å². The summed E-state index contributed by atoms with van der Waals surface area (Å²) in [5.74, 6) is -0.351. The van der Waals surface area contributed by atoms with Crippen molar-refractivity contribution in [3.63, 3.8) is 0 Å². The molecule has 2 aromatic rings. The fourth-order valence-electron chi connectivity index (χ4n) is 2.74. The van der Waals surface area contributed by atoms with Crippen LogP contribution in [0.1, 0.15) is 11.7 Å². The summed E-state index contributed by atoms with van der Waals surface area (Å²) in [4.78, 5) is 2.19. The van der Waals surface area contributed by atoms with Gasteiger partial charge in [0.25, 0.3) is 0 Å². The summed E-state index contributed by atoms with van der Waals surface area (Å²) < 4.78 is 18.4. The normalized spacial score (nSPS) is 17.2. The molecule has 0 aromatic heterocycles. The zero-order valence-corrected chi connectivity index (χ0v) is 13.5. The molecule has 1 aliphatic rings. The molecule has 1 saturated heterocycles. The second kappa shape index (κ2) is 7.41. The van der Waals surface area contributed by atoms with E-state index < -0.39 is 6.10 Å². The fraction of sp³-hybridized carbons (Fsp3) is 0.333. The van der Waals surface area contributed by atoms with E-state index >= 15 is 0 Å². The van der Waals surface area contributed by atoms with Gasteiger partial charge in [0.2, 0.25) is 0 Å². The van der Waals surface area contributed by atoms with Gasteiger partial charge in [-0.3, -0.25) is 4.90 Å². The second-order valence-electron chi connectivity index (χ2n) is 5.67. The molecule has 23 heavy (non-hydrogen) atoms. The molecule has 3 nitrogen and oxygen atoms in total. The third kappa shape index (κ3) is 4.09. The standard InChI is InChI=1S/C18H19ClFNO2/c19-17-11-15(20)5-6-16(17)13-1-3-14(4-2-13)18(22)12-21-7-9-23-10-8-21/h1-6,11,18,22H,7-10,12H2/t18-/m0/s1. The molecule has 1 fully saturated rings. The highest BCUT2D eigenvalue weighted by molar-refractivity contribution is 6.33. The average molecular weight is 336 g/mol.